The van der Waals surface area contributed by atoms with Crippen molar-refractivity contribution in [3.63, 3.8) is 0 Å². The van der Waals surface area contributed by atoms with Crippen molar-refractivity contribution in [3.8, 4) is 0 Å². The monoisotopic (exact) mass is 361 g/mol. The summed E-state index contributed by atoms with van der Waals surface area (Å²) in [5.74, 6) is 0.880. The Morgan fingerprint density at radius 2 is 2.04 bits per heavy atom. The van der Waals surface area contributed by atoms with Gasteiger partial charge in [0, 0.05) is 22.8 Å². The van der Waals surface area contributed by atoms with Crippen LogP contribution in [0, 0.1) is 10.7 Å². The summed E-state index contributed by atoms with van der Waals surface area (Å²) < 4.78 is 18.9. The third-order valence-electron chi connectivity index (χ3n) is 3.70. The molecular weight excluding hydrogens is 349 g/mol. The van der Waals surface area contributed by atoms with Gasteiger partial charge in [0.2, 0.25) is 0 Å². The van der Waals surface area contributed by atoms with E-state index in [0.717, 1.165) is 0 Å². The molecule has 1 aromatic carbocycles. The Bertz CT molecular complexity index is 1140. The van der Waals surface area contributed by atoms with Crippen LogP contribution in [0.25, 0.3) is 23.1 Å². The molecule has 0 unspecified atom stereocenters. The summed E-state index contributed by atoms with van der Waals surface area (Å²) in [7, 11) is 0. The van der Waals surface area contributed by atoms with E-state index in [1.165, 1.54) is 18.2 Å². The molecule has 8 heteroatoms. The van der Waals surface area contributed by atoms with Gasteiger partial charge in [-0.15, -0.1) is 4.91 Å². The largest absolute Gasteiger partial charge is 0.436 e. The van der Waals surface area contributed by atoms with Crippen molar-refractivity contribution < 1.29 is 8.81 Å². The fourth-order valence-corrected chi connectivity index (χ4v) is 2.50. The molecule has 0 radical (unpaired) electrons. The van der Waals surface area contributed by atoms with Crippen LogP contribution in [0.5, 0.6) is 0 Å². The van der Waals surface area contributed by atoms with E-state index in [2.05, 4.69) is 25.4 Å². The Kier molecular flexibility index (Phi) is 4.36. The molecule has 0 amide bonds. The standard InChI is InChI=1S/C19H12FN5O2/c20-12-3-6-16-15(10-12)19(22-13-2-1-9-21-11-13)24-17(23-16)7-4-14-5-8-18(25-26)27-14/h1-11H,(H,22,23,24)/b7-4+. The van der Waals surface area contributed by atoms with E-state index >= 15 is 0 Å². The fourth-order valence-electron chi connectivity index (χ4n) is 2.50. The third kappa shape index (κ3) is 3.69. The number of nitrogens with one attached hydrogen (secondary N) is 1. The molecule has 4 rings (SSSR count). The van der Waals surface area contributed by atoms with Crippen molar-refractivity contribution in [1.82, 2.24) is 15.0 Å². The third-order valence-corrected chi connectivity index (χ3v) is 3.70. The van der Waals surface area contributed by atoms with Crippen molar-refractivity contribution in [3.05, 3.63) is 77.2 Å². The van der Waals surface area contributed by atoms with E-state index in [1.54, 1.807) is 42.7 Å². The molecule has 4 aromatic rings. The van der Waals surface area contributed by atoms with E-state index < -0.39 is 0 Å². The van der Waals surface area contributed by atoms with Gasteiger partial charge in [0.15, 0.2) is 5.82 Å². The zero-order valence-corrected chi connectivity index (χ0v) is 13.8. The minimum atomic E-state index is -0.381. The molecule has 0 fully saturated rings. The van der Waals surface area contributed by atoms with Gasteiger partial charge in [-0.1, -0.05) is 0 Å². The normalized spacial score (nSPS) is 11.1. The number of benzene rings is 1. The van der Waals surface area contributed by atoms with E-state index in [9.17, 15) is 9.30 Å². The molecule has 0 aliphatic rings. The summed E-state index contributed by atoms with van der Waals surface area (Å²) in [5.41, 5.74) is 1.29. The smallest absolute Gasteiger partial charge is 0.260 e. The topological polar surface area (TPSA) is 93.3 Å². The molecule has 0 aliphatic carbocycles. The number of nitrogens with zero attached hydrogens (tertiary/aromatic N) is 4. The number of hydrogen-bond acceptors (Lipinski definition) is 7. The van der Waals surface area contributed by atoms with Gasteiger partial charge in [0.1, 0.15) is 17.4 Å². The minimum Gasteiger partial charge on any atom is -0.436 e. The summed E-state index contributed by atoms with van der Waals surface area (Å²) in [6.45, 7) is 0. The number of pyridine rings is 1. The second-order valence-electron chi connectivity index (χ2n) is 5.56. The number of furan rings is 1. The molecule has 0 aliphatic heterocycles. The van der Waals surface area contributed by atoms with Crippen LogP contribution in [0.2, 0.25) is 0 Å². The molecule has 27 heavy (non-hydrogen) atoms. The molecule has 0 saturated heterocycles. The van der Waals surface area contributed by atoms with E-state index in [1.807, 2.05) is 6.07 Å². The summed E-state index contributed by atoms with van der Waals surface area (Å²) in [4.78, 5) is 23.4. The predicted molar refractivity (Wildman–Crippen MR) is 100 cm³/mol. The summed E-state index contributed by atoms with van der Waals surface area (Å²) in [6.07, 6.45) is 6.54. The van der Waals surface area contributed by atoms with Gasteiger partial charge < -0.3 is 9.73 Å². The van der Waals surface area contributed by atoms with Crippen molar-refractivity contribution >= 4 is 40.4 Å². The Labute approximate surface area is 152 Å². The van der Waals surface area contributed by atoms with Crippen LogP contribution < -0.4 is 5.32 Å². The van der Waals surface area contributed by atoms with Crippen LogP contribution in [0.3, 0.4) is 0 Å². The predicted octanol–water partition coefficient (Wildman–Crippen LogP) is 5.07. The molecule has 132 valence electrons. The lowest BCUT2D eigenvalue weighted by Gasteiger charge is -2.09. The number of halogens is 1. The van der Waals surface area contributed by atoms with Crippen LogP contribution in [-0.2, 0) is 0 Å². The van der Waals surface area contributed by atoms with E-state index in [0.29, 0.717) is 34.0 Å². The van der Waals surface area contributed by atoms with Crippen molar-refractivity contribution in [2.75, 3.05) is 5.32 Å². The van der Waals surface area contributed by atoms with Crippen LogP contribution >= 0.6 is 0 Å². The van der Waals surface area contributed by atoms with Gasteiger partial charge in [-0.3, -0.25) is 4.98 Å². The molecule has 0 atom stereocenters. The molecular formula is C19H12FN5O2. The quantitative estimate of drug-likeness (QED) is 0.499. The van der Waals surface area contributed by atoms with Crippen LogP contribution in [0.4, 0.5) is 21.8 Å². The molecule has 3 heterocycles. The summed E-state index contributed by atoms with van der Waals surface area (Å²) in [5, 5.41) is 6.40. The van der Waals surface area contributed by atoms with Crippen molar-refractivity contribution in [1.29, 1.82) is 0 Å². The first-order valence-corrected chi connectivity index (χ1v) is 7.97. The summed E-state index contributed by atoms with van der Waals surface area (Å²) in [6, 6.07) is 11.0. The lowest BCUT2D eigenvalue weighted by atomic mass is 10.2. The number of fused-ring (bicyclic) bond motifs is 1. The van der Waals surface area contributed by atoms with E-state index in [-0.39, 0.29) is 11.7 Å². The van der Waals surface area contributed by atoms with Gasteiger partial charge >= 0.3 is 0 Å². The molecule has 7 nitrogen and oxygen atoms in total. The maximum atomic E-state index is 13.7. The number of anilines is 2. The number of nitroso groups, excluding NO2 is 1. The SMILES string of the molecule is O=Nc1ccc(/C=C/c2nc(Nc3cccnc3)c3cc(F)ccc3n2)o1. The Morgan fingerprint density at radius 3 is 2.81 bits per heavy atom. The second-order valence-corrected chi connectivity index (χ2v) is 5.56. The number of rotatable bonds is 5. The van der Waals surface area contributed by atoms with E-state index in [4.69, 9.17) is 4.42 Å². The average molecular weight is 361 g/mol. The van der Waals surface area contributed by atoms with Gasteiger partial charge in [-0.05, 0) is 48.6 Å². The maximum Gasteiger partial charge on any atom is 0.260 e. The average Bonchev–Trinajstić information content (AvgIpc) is 3.16. The van der Waals surface area contributed by atoms with Crippen molar-refractivity contribution in [2.45, 2.75) is 0 Å². The van der Waals surface area contributed by atoms with Gasteiger partial charge in [-0.25, -0.2) is 14.4 Å². The fraction of sp³-hybridized carbons (Fsp3) is 0. The van der Waals surface area contributed by atoms with Crippen LogP contribution in [0.1, 0.15) is 11.6 Å². The Morgan fingerprint density at radius 1 is 1.11 bits per heavy atom. The molecule has 0 saturated carbocycles. The lowest BCUT2D eigenvalue weighted by Crippen LogP contribution is -1.99. The summed E-state index contributed by atoms with van der Waals surface area (Å²) >= 11 is 0. The molecule has 0 bridgehead atoms. The van der Waals surface area contributed by atoms with Gasteiger partial charge in [0.25, 0.3) is 5.88 Å². The number of aromatic nitrogens is 3. The van der Waals surface area contributed by atoms with Crippen LogP contribution in [0.15, 0.2) is 64.5 Å². The van der Waals surface area contributed by atoms with Gasteiger partial charge in [-0.2, -0.15) is 0 Å². The maximum absolute atomic E-state index is 13.7. The Hall–Kier alpha value is -3.94. The minimum absolute atomic E-state index is 0.0107. The highest BCUT2D eigenvalue weighted by Gasteiger charge is 2.09. The zero-order chi connectivity index (χ0) is 18.6. The first-order chi connectivity index (χ1) is 13.2. The lowest BCUT2D eigenvalue weighted by molar-refractivity contribution is 0.567. The highest BCUT2D eigenvalue weighted by Crippen LogP contribution is 2.25. The Balaban J connectivity index is 1.75. The molecule has 1 N–H and O–H groups in total. The zero-order valence-electron chi connectivity index (χ0n) is 13.8. The van der Waals surface area contributed by atoms with Crippen molar-refractivity contribution in [2.24, 2.45) is 5.18 Å². The molecule has 3 aromatic heterocycles. The highest BCUT2D eigenvalue weighted by molar-refractivity contribution is 5.91. The second kappa shape index (κ2) is 7.12. The highest BCUT2D eigenvalue weighted by atomic mass is 19.1. The first-order valence-electron chi connectivity index (χ1n) is 7.97. The number of hydrogen-bond donors (Lipinski definition) is 1. The first kappa shape index (κ1) is 16.5. The van der Waals surface area contributed by atoms with Crippen LogP contribution in [-0.4, -0.2) is 15.0 Å². The van der Waals surface area contributed by atoms with Gasteiger partial charge in [0.05, 0.1) is 17.4 Å². The molecule has 0 spiro atoms.